The molecule has 1 aliphatic carbocycles. The first kappa shape index (κ1) is 23.3. The van der Waals surface area contributed by atoms with E-state index in [0.717, 1.165) is 16.7 Å². The van der Waals surface area contributed by atoms with Crippen LogP contribution in [0.3, 0.4) is 0 Å². The molecule has 0 bridgehead atoms. The number of carbonyl (C=O) groups excluding carboxylic acids is 2. The molecule has 0 spiro atoms. The Morgan fingerprint density at radius 2 is 1.92 bits per heavy atom. The molecule has 0 saturated heterocycles. The quantitative estimate of drug-likeness (QED) is 0.295. The predicted octanol–water partition coefficient (Wildman–Crippen LogP) is 3.06. The standard InChI is InChI=1S/C27H20ClN5O3/c28-25-20(8-3-13-30-25)27(36)31-21-15-17-6-1-2-7-19(17)24-22(21)23(26(29)35)32-33(24)18-11-9-16(10-12-18)5-4-14-34/h1-3,6-13,21,34H,14-15H2,(H2,29,35)(H,31,36). The van der Waals surface area contributed by atoms with Crippen LogP contribution >= 0.6 is 11.6 Å². The summed E-state index contributed by atoms with van der Waals surface area (Å²) >= 11 is 6.14. The van der Waals surface area contributed by atoms with Crippen LogP contribution in [0.5, 0.6) is 0 Å². The first-order valence-corrected chi connectivity index (χ1v) is 11.5. The van der Waals surface area contributed by atoms with Crippen LogP contribution in [-0.2, 0) is 6.42 Å². The molecule has 1 atom stereocenters. The smallest absolute Gasteiger partial charge is 0.269 e. The van der Waals surface area contributed by atoms with Crippen molar-refractivity contribution in [3.8, 4) is 28.8 Å². The number of amides is 2. The van der Waals surface area contributed by atoms with Crippen LogP contribution in [0.15, 0.2) is 66.9 Å². The van der Waals surface area contributed by atoms with E-state index in [1.807, 2.05) is 36.4 Å². The van der Waals surface area contributed by atoms with Crippen LogP contribution < -0.4 is 11.1 Å². The summed E-state index contributed by atoms with van der Waals surface area (Å²) in [7, 11) is 0. The van der Waals surface area contributed by atoms with Gasteiger partial charge in [0.15, 0.2) is 5.69 Å². The van der Waals surface area contributed by atoms with Crippen LogP contribution in [0.2, 0.25) is 5.15 Å². The molecule has 36 heavy (non-hydrogen) atoms. The van der Waals surface area contributed by atoms with E-state index >= 15 is 0 Å². The highest BCUT2D eigenvalue weighted by molar-refractivity contribution is 6.32. The van der Waals surface area contributed by atoms with Crippen LogP contribution in [0.25, 0.3) is 16.9 Å². The fourth-order valence-electron chi connectivity index (χ4n) is 4.38. The van der Waals surface area contributed by atoms with Gasteiger partial charge in [0, 0.05) is 22.9 Å². The van der Waals surface area contributed by atoms with E-state index in [2.05, 4.69) is 27.2 Å². The molecule has 5 rings (SSSR count). The van der Waals surface area contributed by atoms with Gasteiger partial charge in [-0.15, -0.1) is 0 Å². The van der Waals surface area contributed by atoms with E-state index < -0.39 is 17.9 Å². The summed E-state index contributed by atoms with van der Waals surface area (Å²) in [6, 6.07) is 17.6. The maximum atomic E-state index is 13.1. The zero-order valence-corrected chi connectivity index (χ0v) is 19.7. The number of nitrogens with two attached hydrogens (primary N) is 1. The largest absolute Gasteiger partial charge is 0.384 e. The number of pyridine rings is 1. The second-order valence-corrected chi connectivity index (χ2v) is 8.48. The van der Waals surface area contributed by atoms with Crippen LogP contribution in [0.4, 0.5) is 0 Å². The third kappa shape index (κ3) is 4.22. The van der Waals surface area contributed by atoms with Gasteiger partial charge in [-0.05, 0) is 48.4 Å². The molecule has 0 aliphatic heterocycles. The lowest BCUT2D eigenvalue weighted by Gasteiger charge is -2.27. The fourth-order valence-corrected chi connectivity index (χ4v) is 4.59. The van der Waals surface area contributed by atoms with E-state index in [9.17, 15) is 9.59 Å². The van der Waals surface area contributed by atoms with Crippen molar-refractivity contribution in [3.63, 3.8) is 0 Å². The van der Waals surface area contributed by atoms with Gasteiger partial charge in [-0.3, -0.25) is 9.59 Å². The molecule has 9 heteroatoms. The zero-order valence-electron chi connectivity index (χ0n) is 18.9. The van der Waals surface area contributed by atoms with E-state index in [-0.39, 0.29) is 23.0 Å². The van der Waals surface area contributed by atoms with Gasteiger partial charge in [0.25, 0.3) is 11.8 Å². The summed E-state index contributed by atoms with van der Waals surface area (Å²) in [5.74, 6) is 4.35. The van der Waals surface area contributed by atoms with E-state index in [0.29, 0.717) is 23.4 Å². The minimum atomic E-state index is -0.700. The first-order chi connectivity index (χ1) is 17.5. The second kappa shape index (κ2) is 9.66. The highest BCUT2D eigenvalue weighted by Gasteiger charge is 2.35. The lowest BCUT2D eigenvalue weighted by atomic mass is 9.85. The van der Waals surface area contributed by atoms with Crippen molar-refractivity contribution in [1.29, 1.82) is 0 Å². The van der Waals surface area contributed by atoms with Crippen molar-refractivity contribution in [3.05, 3.63) is 100.0 Å². The SMILES string of the molecule is NC(=O)c1nn(-c2ccc(C#CCO)cc2)c2c1C(NC(=O)c1cccnc1Cl)Cc1ccccc1-2. The molecule has 4 aromatic rings. The number of rotatable bonds is 4. The number of hydrogen-bond acceptors (Lipinski definition) is 5. The highest BCUT2D eigenvalue weighted by atomic mass is 35.5. The number of aromatic nitrogens is 3. The Bertz CT molecular complexity index is 1550. The van der Waals surface area contributed by atoms with Crippen molar-refractivity contribution in [2.24, 2.45) is 5.73 Å². The number of benzene rings is 2. The van der Waals surface area contributed by atoms with Gasteiger partial charge >= 0.3 is 0 Å². The van der Waals surface area contributed by atoms with Crippen molar-refractivity contribution < 1.29 is 14.7 Å². The summed E-state index contributed by atoms with van der Waals surface area (Å²) in [6.45, 7) is -0.232. The third-order valence-corrected chi connectivity index (χ3v) is 6.23. The van der Waals surface area contributed by atoms with E-state index in [4.69, 9.17) is 22.4 Å². The molecule has 4 N–H and O–H groups in total. The van der Waals surface area contributed by atoms with Gasteiger partial charge < -0.3 is 16.2 Å². The molecular weight excluding hydrogens is 478 g/mol. The topological polar surface area (TPSA) is 123 Å². The van der Waals surface area contributed by atoms with Crippen molar-refractivity contribution in [2.75, 3.05) is 6.61 Å². The Morgan fingerprint density at radius 1 is 1.14 bits per heavy atom. The monoisotopic (exact) mass is 497 g/mol. The van der Waals surface area contributed by atoms with Gasteiger partial charge in [0.05, 0.1) is 23.0 Å². The Hall–Kier alpha value is -4.45. The van der Waals surface area contributed by atoms with E-state index in [1.165, 1.54) is 6.20 Å². The van der Waals surface area contributed by atoms with Crippen molar-refractivity contribution in [1.82, 2.24) is 20.1 Å². The van der Waals surface area contributed by atoms with E-state index in [1.54, 1.807) is 28.9 Å². The number of nitrogens with one attached hydrogen (secondary N) is 1. The lowest BCUT2D eigenvalue weighted by Crippen LogP contribution is -2.33. The van der Waals surface area contributed by atoms with Crippen LogP contribution in [0, 0.1) is 11.8 Å². The third-order valence-electron chi connectivity index (χ3n) is 5.93. The molecule has 178 valence electrons. The summed E-state index contributed by atoms with van der Waals surface area (Å²) < 4.78 is 1.66. The molecule has 0 saturated carbocycles. The van der Waals surface area contributed by atoms with Gasteiger partial charge in [-0.25, -0.2) is 9.67 Å². The van der Waals surface area contributed by atoms with Gasteiger partial charge in [-0.1, -0.05) is 47.7 Å². The Morgan fingerprint density at radius 3 is 2.64 bits per heavy atom. The lowest BCUT2D eigenvalue weighted by molar-refractivity contribution is 0.0930. The number of hydrogen-bond donors (Lipinski definition) is 3. The van der Waals surface area contributed by atoms with Crippen LogP contribution in [-0.4, -0.2) is 38.3 Å². The molecule has 2 amide bonds. The Kier molecular flexibility index (Phi) is 6.25. The minimum Gasteiger partial charge on any atom is -0.384 e. The van der Waals surface area contributed by atoms with Crippen molar-refractivity contribution >= 4 is 23.4 Å². The molecule has 2 aromatic carbocycles. The number of primary amides is 1. The zero-order chi connectivity index (χ0) is 25.2. The van der Waals surface area contributed by atoms with Gasteiger partial charge in [0.2, 0.25) is 0 Å². The van der Waals surface area contributed by atoms with Gasteiger partial charge in [-0.2, -0.15) is 5.10 Å². The maximum Gasteiger partial charge on any atom is 0.269 e. The molecule has 0 fully saturated rings. The summed E-state index contributed by atoms with van der Waals surface area (Å²) in [5.41, 5.74) is 10.6. The van der Waals surface area contributed by atoms with Crippen molar-refractivity contribution in [2.45, 2.75) is 12.5 Å². The molecule has 1 unspecified atom stereocenters. The summed E-state index contributed by atoms with van der Waals surface area (Å²) in [4.78, 5) is 29.6. The molecule has 8 nitrogen and oxygen atoms in total. The summed E-state index contributed by atoms with van der Waals surface area (Å²) in [6.07, 6.45) is 1.94. The Labute approximate surface area is 211 Å². The minimum absolute atomic E-state index is 0.0752. The average Bonchev–Trinajstić information content (AvgIpc) is 3.30. The predicted molar refractivity (Wildman–Crippen MR) is 135 cm³/mol. The summed E-state index contributed by atoms with van der Waals surface area (Å²) in [5, 5.41) is 16.6. The fraction of sp³-hybridized carbons (Fsp3) is 0.111. The molecule has 2 heterocycles. The number of carbonyl (C=O) groups is 2. The number of aliphatic hydroxyl groups excluding tert-OH is 1. The van der Waals surface area contributed by atoms with Crippen LogP contribution in [0.1, 0.15) is 43.6 Å². The Balaban J connectivity index is 1.65. The number of nitrogens with zero attached hydrogens (tertiary/aromatic N) is 3. The first-order valence-electron chi connectivity index (χ1n) is 11.1. The molecule has 2 aromatic heterocycles. The van der Waals surface area contributed by atoms with Gasteiger partial charge in [0.1, 0.15) is 11.8 Å². The second-order valence-electron chi connectivity index (χ2n) is 8.12. The average molecular weight is 498 g/mol. The molecule has 0 radical (unpaired) electrons. The molecular formula is C27H20ClN5O3. The number of halogens is 1. The molecule has 1 aliphatic rings. The number of fused-ring (bicyclic) bond motifs is 3. The highest BCUT2D eigenvalue weighted by Crippen LogP contribution is 2.41. The number of aliphatic hydroxyl groups is 1. The normalized spacial score (nSPS) is 13.7. The maximum absolute atomic E-state index is 13.1.